The minimum atomic E-state index is 0.367. The molecule has 2 nitrogen and oxygen atoms in total. The third-order valence-electron chi connectivity index (χ3n) is 3.14. The Labute approximate surface area is 96.4 Å². The topological polar surface area (TPSA) is 6.48 Å². The molecule has 1 aliphatic heterocycles. The summed E-state index contributed by atoms with van der Waals surface area (Å²) in [5, 5.41) is 0. The lowest BCUT2D eigenvalue weighted by atomic mass is 9.85. The van der Waals surface area contributed by atoms with Gasteiger partial charge in [0.05, 0.1) is 7.85 Å². The average molecular weight is 208 g/mol. The maximum absolute atomic E-state index is 5.74. The summed E-state index contributed by atoms with van der Waals surface area (Å²) in [7, 11) is 5.74. The van der Waals surface area contributed by atoms with Gasteiger partial charge in [0.1, 0.15) is 0 Å². The third-order valence-corrected chi connectivity index (χ3v) is 3.14. The molecule has 0 aliphatic carbocycles. The first kappa shape index (κ1) is 13.1. The highest BCUT2D eigenvalue weighted by Crippen LogP contribution is 2.09. The lowest BCUT2D eigenvalue weighted by molar-refractivity contribution is 0.131. The smallest absolute Gasteiger partial charge is 0.0695 e. The van der Waals surface area contributed by atoms with E-state index < -0.39 is 0 Å². The van der Waals surface area contributed by atoms with Gasteiger partial charge in [-0.2, -0.15) is 0 Å². The number of piperazine rings is 1. The zero-order chi connectivity index (χ0) is 11.1. The van der Waals surface area contributed by atoms with Gasteiger partial charge in [-0.15, -0.1) is 0 Å². The van der Waals surface area contributed by atoms with Crippen molar-refractivity contribution < 1.29 is 0 Å². The number of hydrogen-bond donors (Lipinski definition) is 0. The summed E-state index contributed by atoms with van der Waals surface area (Å²) in [5.41, 5.74) is 0. The van der Waals surface area contributed by atoms with Crippen molar-refractivity contribution >= 4 is 7.85 Å². The molecule has 0 bridgehead atoms. The van der Waals surface area contributed by atoms with Crippen molar-refractivity contribution in [2.24, 2.45) is 0 Å². The maximum Gasteiger partial charge on any atom is 0.0695 e. The number of nitrogens with zero attached hydrogens (tertiary/aromatic N) is 2. The van der Waals surface area contributed by atoms with E-state index in [1.165, 1.54) is 52.1 Å². The van der Waals surface area contributed by atoms with E-state index in [-0.39, 0.29) is 0 Å². The van der Waals surface area contributed by atoms with Gasteiger partial charge < -0.3 is 9.80 Å². The van der Waals surface area contributed by atoms with Crippen LogP contribution in [0.2, 0.25) is 5.82 Å². The van der Waals surface area contributed by atoms with E-state index in [2.05, 4.69) is 23.6 Å². The van der Waals surface area contributed by atoms with Gasteiger partial charge in [0.2, 0.25) is 0 Å². The summed E-state index contributed by atoms with van der Waals surface area (Å²) in [6.07, 6.45) is 3.70. The summed E-state index contributed by atoms with van der Waals surface area (Å²) in [6.45, 7) is 11.9. The molecule has 15 heavy (non-hydrogen) atoms. The van der Waals surface area contributed by atoms with Crippen molar-refractivity contribution in [2.75, 3.05) is 39.3 Å². The van der Waals surface area contributed by atoms with Crippen LogP contribution in [0.25, 0.3) is 0 Å². The normalized spacial score (nSPS) is 21.7. The van der Waals surface area contributed by atoms with Crippen molar-refractivity contribution in [3.8, 4) is 0 Å². The lowest BCUT2D eigenvalue weighted by Gasteiger charge is -2.34. The van der Waals surface area contributed by atoms with Crippen LogP contribution in [0, 0.1) is 0 Å². The maximum atomic E-state index is 5.74. The fourth-order valence-corrected chi connectivity index (χ4v) is 2.19. The molecule has 1 saturated heterocycles. The van der Waals surface area contributed by atoms with Crippen LogP contribution < -0.4 is 0 Å². The number of hydrogen-bond acceptors (Lipinski definition) is 2. The van der Waals surface area contributed by atoms with Crippen LogP contribution in [0.3, 0.4) is 0 Å². The standard InChI is InChI=1S/C12H25BN2/c1-3-6-14-8-10-15(11-9-14)7-4-5-12(2)13/h12H,3-11H2,1-2H3. The summed E-state index contributed by atoms with van der Waals surface area (Å²) in [5.74, 6) is 0.367. The highest BCUT2D eigenvalue weighted by Gasteiger charge is 2.15. The second-order valence-electron chi connectivity index (χ2n) is 4.80. The van der Waals surface area contributed by atoms with Crippen molar-refractivity contribution in [1.29, 1.82) is 0 Å². The van der Waals surface area contributed by atoms with E-state index in [4.69, 9.17) is 7.85 Å². The van der Waals surface area contributed by atoms with Crippen LogP contribution in [0.15, 0.2) is 0 Å². The van der Waals surface area contributed by atoms with Crippen LogP contribution in [0.1, 0.15) is 33.1 Å². The Hall–Kier alpha value is -0.0151. The van der Waals surface area contributed by atoms with Gasteiger partial charge in [-0.1, -0.05) is 26.1 Å². The Balaban J connectivity index is 2.04. The van der Waals surface area contributed by atoms with Crippen molar-refractivity contribution in [3.63, 3.8) is 0 Å². The Morgan fingerprint density at radius 2 is 1.60 bits per heavy atom. The van der Waals surface area contributed by atoms with Gasteiger partial charge >= 0.3 is 0 Å². The predicted molar refractivity (Wildman–Crippen MR) is 67.6 cm³/mol. The zero-order valence-electron chi connectivity index (χ0n) is 10.4. The molecule has 1 aliphatic rings. The van der Waals surface area contributed by atoms with Gasteiger partial charge in [0.15, 0.2) is 0 Å². The molecule has 0 amide bonds. The van der Waals surface area contributed by atoms with Gasteiger partial charge in [-0.3, -0.25) is 0 Å². The third kappa shape index (κ3) is 5.57. The highest BCUT2D eigenvalue weighted by atomic mass is 15.3. The van der Waals surface area contributed by atoms with Crippen LogP contribution in [-0.4, -0.2) is 56.9 Å². The molecule has 1 fully saturated rings. The molecule has 1 unspecified atom stereocenters. The first-order chi connectivity index (χ1) is 7.22. The second-order valence-corrected chi connectivity index (χ2v) is 4.80. The molecular formula is C12H25BN2. The van der Waals surface area contributed by atoms with E-state index >= 15 is 0 Å². The van der Waals surface area contributed by atoms with E-state index in [9.17, 15) is 0 Å². The van der Waals surface area contributed by atoms with E-state index in [0.29, 0.717) is 5.82 Å². The predicted octanol–water partition coefficient (Wildman–Crippen LogP) is 1.77. The quantitative estimate of drug-likeness (QED) is 0.614. The van der Waals surface area contributed by atoms with Crippen LogP contribution in [-0.2, 0) is 0 Å². The Bertz CT molecular complexity index is 154. The lowest BCUT2D eigenvalue weighted by Crippen LogP contribution is -2.46. The molecule has 0 saturated carbocycles. The molecule has 2 radical (unpaired) electrons. The van der Waals surface area contributed by atoms with E-state index in [1.54, 1.807) is 0 Å². The van der Waals surface area contributed by atoms with Crippen molar-refractivity contribution in [2.45, 2.75) is 38.9 Å². The van der Waals surface area contributed by atoms with Gasteiger partial charge in [0, 0.05) is 26.2 Å². The van der Waals surface area contributed by atoms with Crippen LogP contribution in [0.4, 0.5) is 0 Å². The molecule has 1 rings (SSSR count). The fourth-order valence-electron chi connectivity index (χ4n) is 2.19. The molecular weight excluding hydrogens is 183 g/mol. The zero-order valence-corrected chi connectivity index (χ0v) is 10.4. The first-order valence-corrected chi connectivity index (χ1v) is 6.42. The van der Waals surface area contributed by atoms with Gasteiger partial charge in [-0.05, 0) is 25.9 Å². The van der Waals surface area contributed by atoms with E-state index in [0.717, 1.165) is 6.42 Å². The molecule has 0 aromatic carbocycles. The average Bonchev–Trinajstić information content (AvgIpc) is 2.20. The summed E-state index contributed by atoms with van der Waals surface area (Å²) >= 11 is 0. The van der Waals surface area contributed by atoms with Crippen LogP contribution >= 0.6 is 0 Å². The second kappa shape index (κ2) is 7.29. The van der Waals surface area contributed by atoms with E-state index in [1.807, 2.05) is 0 Å². The Kier molecular flexibility index (Phi) is 6.34. The monoisotopic (exact) mass is 208 g/mol. The number of rotatable bonds is 6. The Morgan fingerprint density at radius 1 is 1.07 bits per heavy atom. The summed E-state index contributed by atoms with van der Waals surface area (Å²) in [6, 6.07) is 0. The minimum absolute atomic E-state index is 0.367. The van der Waals surface area contributed by atoms with Gasteiger partial charge in [-0.25, -0.2) is 0 Å². The molecule has 86 valence electrons. The SMILES string of the molecule is [B]C(C)CCCN1CCN(CCC)CC1. The fraction of sp³-hybridized carbons (Fsp3) is 1.00. The van der Waals surface area contributed by atoms with Crippen LogP contribution in [0.5, 0.6) is 0 Å². The summed E-state index contributed by atoms with van der Waals surface area (Å²) < 4.78 is 0. The highest BCUT2D eigenvalue weighted by molar-refractivity contribution is 6.11. The molecule has 0 aromatic rings. The molecule has 0 N–H and O–H groups in total. The van der Waals surface area contributed by atoms with Crippen molar-refractivity contribution in [1.82, 2.24) is 9.80 Å². The largest absolute Gasteiger partial charge is 0.301 e. The molecule has 0 spiro atoms. The Morgan fingerprint density at radius 3 is 2.07 bits per heavy atom. The molecule has 0 aromatic heterocycles. The minimum Gasteiger partial charge on any atom is -0.301 e. The molecule has 3 heteroatoms. The summed E-state index contributed by atoms with van der Waals surface area (Å²) in [4.78, 5) is 5.15. The van der Waals surface area contributed by atoms with Gasteiger partial charge in [0.25, 0.3) is 0 Å². The molecule has 1 atom stereocenters. The van der Waals surface area contributed by atoms with Crippen molar-refractivity contribution in [3.05, 3.63) is 0 Å². The molecule has 1 heterocycles. The first-order valence-electron chi connectivity index (χ1n) is 6.42.